The van der Waals surface area contributed by atoms with Crippen molar-refractivity contribution in [2.75, 3.05) is 36.5 Å². The van der Waals surface area contributed by atoms with Crippen LogP contribution in [0.1, 0.15) is 48.2 Å². The molecule has 3 aromatic carbocycles. The number of nitrogens with one attached hydrogen (secondary N) is 3. The highest BCUT2D eigenvalue weighted by molar-refractivity contribution is 6.00. The van der Waals surface area contributed by atoms with E-state index < -0.39 is 12.1 Å². The maximum absolute atomic E-state index is 13.6. The van der Waals surface area contributed by atoms with Crippen molar-refractivity contribution < 1.29 is 19.4 Å². The number of aliphatic hydroxyl groups is 1. The lowest BCUT2D eigenvalue weighted by molar-refractivity contribution is -0.117. The fraction of sp³-hybridized carbons (Fsp3) is 0.375. The number of hydrogen-bond acceptors (Lipinski definition) is 6. The Hall–Kier alpha value is -3.88. The van der Waals surface area contributed by atoms with Crippen LogP contribution in [0, 0.1) is 0 Å². The van der Waals surface area contributed by atoms with Gasteiger partial charge in [-0.25, -0.2) is 0 Å². The molecule has 0 spiro atoms. The van der Waals surface area contributed by atoms with Gasteiger partial charge in [0.05, 0.1) is 18.8 Å². The van der Waals surface area contributed by atoms with E-state index in [1.807, 2.05) is 74.5 Å². The van der Waals surface area contributed by atoms with Gasteiger partial charge in [-0.2, -0.15) is 0 Å². The van der Waals surface area contributed by atoms with E-state index >= 15 is 0 Å². The molecule has 2 amide bonds. The molecule has 0 radical (unpaired) electrons. The van der Waals surface area contributed by atoms with Crippen molar-refractivity contribution >= 4 is 23.2 Å². The summed E-state index contributed by atoms with van der Waals surface area (Å²) in [5.74, 6) is 0.582. The van der Waals surface area contributed by atoms with Crippen molar-refractivity contribution in [3.8, 4) is 5.75 Å². The lowest BCUT2D eigenvalue weighted by Crippen LogP contribution is -2.48. The maximum atomic E-state index is 13.6. The number of anilines is 2. The van der Waals surface area contributed by atoms with E-state index in [1.54, 1.807) is 17.0 Å². The Balaban J connectivity index is 1.48. The third-order valence-corrected chi connectivity index (χ3v) is 6.92. The standard InChI is InChI=1S/C32H40N4O4/c1-3-34-26-18-25(19-27(20-26)36-15-9-14-31(36)38)32(39)35-29(17-23-10-6-5-7-11-23)30(37)22-33-21-24-12-8-13-28(16-24)40-4-2/h5-8,10-13,16,18-20,29-30,33-34,37H,3-4,9,14-15,17,21-22H2,1-2H3,(H,35,39)/t29-,30+/m0/s1. The van der Waals surface area contributed by atoms with Gasteiger partial charge in [-0.05, 0) is 68.1 Å². The smallest absolute Gasteiger partial charge is 0.251 e. The number of ether oxygens (including phenoxy) is 1. The molecule has 1 saturated heterocycles. The summed E-state index contributed by atoms with van der Waals surface area (Å²) in [5, 5.41) is 20.9. The molecule has 212 valence electrons. The molecule has 1 aliphatic rings. The topological polar surface area (TPSA) is 103 Å². The summed E-state index contributed by atoms with van der Waals surface area (Å²) < 4.78 is 5.58. The Morgan fingerprint density at radius 1 is 1.02 bits per heavy atom. The fourth-order valence-corrected chi connectivity index (χ4v) is 4.95. The van der Waals surface area contributed by atoms with Crippen LogP contribution in [0.3, 0.4) is 0 Å². The van der Waals surface area contributed by atoms with E-state index in [4.69, 9.17) is 4.74 Å². The van der Waals surface area contributed by atoms with Crippen molar-refractivity contribution in [3.05, 3.63) is 89.5 Å². The van der Waals surface area contributed by atoms with Crippen LogP contribution in [-0.2, 0) is 17.8 Å². The highest BCUT2D eigenvalue weighted by atomic mass is 16.5. The lowest BCUT2D eigenvalue weighted by atomic mass is 10.00. The van der Waals surface area contributed by atoms with E-state index in [0.717, 1.165) is 29.0 Å². The van der Waals surface area contributed by atoms with Gasteiger partial charge in [0.15, 0.2) is 0 Å². The van der Waals surface area contributed by atoms with Crippen LogP contribution in [-0.4, -0.2) is 55.3 Å². The molecule has 4 rings (SSSR count). The Morgan fingerprint density at radius 2 is 1.82 bits per heavy atom. The van der Waals surface area contributed by atoms with Crippen LogP contribution in [0.2, 0.25) is 0 Å². The zero-order valence-electron chi connectivity index (χ0n) is 23.4. The van der Waals surface area contributed by atoms with Gasteiger partial charge >= 0.3 is 0 Å². The van der Waals surface area contributed by atoms with Crippen molar-refractivity contribution in [1.82, 2.24) is 10.6 Å². The number of aliphatic hydroxyl groups excluding tert-OH is 1. The largest absolute Gasteiger partial charge is 0.494 e. The summed E-state index contributed by atoms with van der Waals surface area (Å²) in [4.78, 5) is 27.7. The molecule has 4 N–H and O–H groups in total. The third-order valence-electron chi connectivity index (χ3n) is 6.92. The maximum Gasteiger partial charge on any atom is 0.251 e. The van der Waals surface area contributed by atoms with Gasteiger partial charge in [0.25, 0.3) is 5.91 Å². The highest BCUT2D eigenvalue weighted by Crippen LogP contribution is 2.27. The van der Waals surface area contributed by atoms with Crippen molar-refractivity contribution in [1.29, 1.82) is 0 Å². The molecular weight excluding hydrogens is 504 g/mol. The minimum Gasteiger partial charge on any atom is -0.494 e. The number of carbonyl (C=O) groups excluding carboxylic acids is 2. The molecule has 1 aliphatic heterocycles. The Kier molecular flexibility index (Phi) is 10.5. The number of rotatable bonds is 14. The first-order chi connectivity index (χ1) is 19.5. The molecule has 0 aliphatic carbocycles. The number of carbonyl (C=O) groups is 2. The van der Waals surface area contributed by atoms with Gasteiger partial charge in [-0.1, -0.05) is 42.5 Å². The monoisotopic (exact) mass is 544 g/mol. The van der Waals surface area contributed by atoms with Gasteiger partial charge < -0.3 is 30.7 Å². The average molecular weight is 545 g/mol. The zero-order chi connectivity index (χ0) is 28.3. The summed E-state index contributed by atoms with van der Waals surface area (Å²) >= 11 is 0. The molecule has 3 aromatic rings. The second-order valence-corrected chi connectivity index (χ2v) is 10.00. The molecule has 8 heteroatoms. The van der Waals surface area contributed by atoms with Crippen LogP contribution in [0.25, 0.3) is 0 Å². The SMILES string of the molecule is CCNc1cc(C(=O)N[C@@H](Cc2ccccc2)[C@H](O)CNCc2cccc(OCC)c2)cc(N2CCCC2=O)c1. The number of nitrogens with zero attached hydrogens (tertiary/aromatic N) is 1. The summed E-state index contributed by atoms with van der Waals surface area (Å²) in [6.45, 7) is 6.72. The third kappa shape index (κ3) is 8.07. The Bertz CT molecular complexity index is 1270. The van der Waals surface area contributed by atoms with Crippen LogP contribution >= 0.6 is 0 Å². The van der Waals surface area contributed by atoms with Crippen molar-refractivity contribution in [2.24, 2.45) is 0 Å². The Morgan fingerprint density at radius 3 is 2.55 bits per heavy atom. The minimum atomic E-state index is -0.837. The van der Waals surface area contributed by atoms with Gasteiger partial charge in [0, 0.05) is 49.5 Å². The minimum absolute atomic E-state index is 0.0650. The van der Waals surface area contributed by atoms with Crippen LogP contribution < -0.4 is 25.6 Å². The van der Waals surface area contributed by atoms with E-state index in [2.05, 4.69) is 16.0 Å². The number of amides is 2. The summed E-state index contributed by atoms with van der Waals surface area (Å²) in [7, 11) is 0. The molecule has 0 unspecified atom stereocenters. The lowest BCUT2D eigenvalue weighted by Gasteiger charge is -2.25. The first kappa shape index (κ1) is 29.1. The zero-order valence-corrected chi connectivity index (χ0v) is 23.4. The second-order valence-electron chi connectivity index (χ2n) is 10.00. The van der Waals surface area contributed by atoms with Crippen LogP contribution in [0.4, 0.5) is 11.4 Å². The molecule has 0 aromatic heterocycles. The molecule has 8 nitrogen and oxygen atoms in total. The number of benzene rings is 3. The van der Waals surface area contributed by atoms with Gasteiger partial charge in [-0.3, -0.25) is 9.59 Å². The van der Waals surface area contributed by atoms with Crippen molar-refractivity contribution in [3.63, 3.8) is 0 Å². The molecule has 40 heavy (non-hydrogen) atoms. The Labute approximate surface area is 236 Å². The van der Waals surface area contributed by atoms with Gasteiger partial charge in [-0.15, -0.1) is 0 Å². The fourth-order valence-electron chi connectivity index (χ4n) is 4.95. The predicted octanol–water partition coefficient (Wildman–Crippen LogP) is 4.14. The normalized spacial score (nSPS) is 14.6. The quantitative estimate of drug-likeness (QED) is 0.243. The van der Waals surface area contributed by atoms with E-state index in [0.29, 0.717) is 56.9 Å². The summed E-state index contributed by atoms with van der Waals surface area (Å²) in [5.41, 5.74) is 3.99. The summed E-state index contributed by atoms with van der Waals surface area (Å²) in [6, 6.07) is 22.6. The average Bonchev–Trinajstić information content (AvgIpc) is 3.39. The predicted molar refractivity (Wildman–Crippen MR) is 159 cm³/mol. The molecule has 0 saturated carbocycles. The summed E-state index contributed by atoms with van der Waals surface area (Å²) in [6.07, 6.45) is 0.955. The molecule has 1 heterocycles. The van der Waals surface area contributed by atoms with E-state index in [1.165, 1.54) is 0 Å². The van der Waals surface area contributed by atoms with Crippen molar-refractivity contribution in [2.45, 2.75) is 51.8 Å². The molecule has 2 atom stereocenters. The van der Waals surface area contributed by atoms with Crippen LogP contribution in [0.5, 0.6) is 5.75 Å². The van der Waals surface area contributed by atoms with Gasteiger partial charge in [0.1, 0.15) is 5.75 Å². The van der Waals surface area contributed by atoms with Gasteiger partial charge in [0.2, 0.25) is 5.91 Å². The molecule has 0 bridgehead atoms. The van der Waals surface area contributed by atoms with E-state index in [-0.39, 0.29) is 11.8 Å². The van der Waals surface area contributed by atoms with E-state index in [9.17, 15) is 14.7 Å². The van der Waals surface area contributed by atoms with Crippen LogP contribution in [0.15, 0.2) is 72.8 Å². The molecular formula is C32H40N4O4. The number of hydrogen-bond donors (Lipinski definition) is 4. The first-order valence-electron chi connectivity index (χ1n) is 14.1. The first-order valence-corrected chi connectivity index (χ1v) is 14.1. The second kappa shape index (κ2) is 14.5. The molecule has 1 fully saturated rings. The highest BCUT2D eigenvalue weighted by Gasteiger charge is 2.25.